The van der Waals surface area contributed by atoms with Gasteiger partial charge in [-0.3, -0.25) is 4.79 Å². The molecule has 2 aromatic rings. The van der Waals surface area contributed by atoms with Crippen molar-refractivity contribution in [2.45, 2.75) is 31.6 Å². The van der Waals surface area contributed by atoms with E-state index in [0.717, 1.165) is 17.7 Å². The Labute approximate surface area is 136 Å². The summed E-state index contributed by atoms with van der Waals surface area (Å²) in [4.78, 5) is 12.5. The van der Waals surface area contributed by atoms with E-state index in [4.69, 9.17) is 9.47 Å². The largest absolute Gasteiger partial charge is 0.488 e. The molecule has 0 radical (unpaired) electrons. The molecule has 0 fully saturated rings. The fourth-order valence-electron chi connectivity index (χ4n) is 2.90. The summed E-state index contributed by atoms with van der Waals surface area (Å²) in [5.41, 5.74) is 2.03. The molecule has 3 rings (SSSR count). The van der Waals surface area contributed by atoms with Gasteiger partial charge in [0.2, 0.25) is 0 Å². The molecule has 0 bridgehead atoms. The third-order valence-electron chi connectivity index (χ3n) is 4.18. The molecule has 23 heavy (non-hydrogen) atoms. The van der Waals surface area contributed by atoms with Crippen LogP contribution >= 0.6 is 0 Å². The highest BCUT2D eigenvalue weighted by Crippen LogP contribution is 2.29. The van der Waals surface area contributed by atoms with Crippen LogP contribution in [0.5, 0.6) is 5.75 Å². The van der Waals surface area contributed by atoms with Crippen LogP contribution in [0.15, 0.2) is 54.6 Å². The van der Waals surface area contributed by atoms with Crippen molar-refractivity contribution in [1.82, 2.24) is 5.32 Å². The zero-order valence-corrected chi connectivity index (χ0v) is 13.4. The van der Waals surface area contributed by atoms with Gasteiger partial charge in [0.15, 0.2) is 6.10 Å². The molecule has 120 valence electrons. The van der Waals surface area contributed by atoms with E-state index in [1.807, 2.05) is 55.5 Å². The van der Waals surface area contributed by atoms with Crippen molar-refractivity contribution < 1.29 is 14.3 Å². The number of carbonyl (C=O) groups is 1. The Kier molecular flexibility index (Phi) is 4.63. The van der Waals surface area contributed by atoms with Crippen LogP contribution in [0.1, 0.15) is 24.2 Å². The molecule has 0 unspecified atom stereocenters. The number of methoxy groups -OCH3 is 1. The first-order valence-corrected chi connectivity index (χ1v) is 7.81. The Morgan fingerprint density at radius 1 is 1.17 bits per heavy atom. The normalized spacial score (nSPS) is 18.6. The zero-order valence-electron chi connectivity index (χ0n) is 13.4. The van der Waals surface area contributed by atoms with Gasteiger partial charge >= 0.3 is 0 Å². The molecule has 0 aromatic heterocycles. The van der Waals surface area contributed by atoms with Crippen molar-refractivity contribution in [2.24, 2.45) is 0 Å². The van der Waals surface area contributed by atoms with Crippen LogP contribution in [0.4, 0.5) is 0 Å². The topological polar surface area (TPSA) is 47.6 Å². The fraction of sp³-hybridized carbons (Fsp3) is 0.316. The maximum Gasteiger partial charge on any atom is 0.254 e. The molecule has 0 saturated carbocycles. The molecule has 4 heteroatoms. The average Bonchev–Trinajstić information content (AvgIpc) is 3.01. The molecule has 0 spiro atoms. The van der Waals surface area contributed by atoms with E-state index in [2.05, 4.69) is 11.4 Å². The average molecular weight is 311 g/mol. The Morgan fingerprint density at radius 2 is 1.87 bits per heavy atom. The van der Waals surface area contributed by atoms with Gasteiger partial charge in [0.25, 0.3) is 5.91 Å². The van der Waals surface area contributed by atoms with Crippen LogP contribution in [-0.4, -0.2) is 25.2 Å². The predicted octanol–water partition coefficient (Wildman–Crippen LogP) is 2.88. The van der Waals surface area contributed by atoms with Crippen LogP contribution in [0, 0.1) is 0 Å². The van der Waals surface area contributed by atoms with Crippen molar-refractivity contribution in [3.8, 4) is 5.75 Å². The maximum absolute atomic E-state index is 12.5. The standard InChI is InChI=1S/C19H21NO3/c1-13(17-12-15-10-6-7-11-16(15)23-17)20-19(21)18(22-2)14-8-4-3-5-9-14/h3-11,13,17-18H,12H2,1-2H3,(H,20,21)/t13-,17+,18-/m0/s1. The number of amides is 1. The van der Waals surface area contributed by atoms with Crippen molar-refractivity contribution in [2.75, 3.05) is 7.11 Å². The summed E-state index contributed by atoms with van der Waals surface area (Å²) in [7, 11) is 1.55. The highest BCUT2D eigenvalue weighted by Gasteiger charge is 2.30. The van der Waals surface area contributed by atoms with Crippen molar-refractivity contribution >= 4 is 5.91 Å². The lowest BCUT2D eigenvalue weighted by Gasteiger charge is -2.23. The molecular formula is C19H21NO3. The number of hydrogen-bond acceptors (Lipinski definition) is 3. The van der Waals surface area contributed by atoms with Crippen molar-refractivity contribution in [1.29, 1.82) is 0 Å². The first kappa shape index (κ1) is 15.6. The molecule has 1 heterocycles. The van der Waals surface area contributed by atoms with E-state index in [-0.39, 0.29) is 18.1 Å². The lowest BCUT2D eigenvalue weighted by Crippen LogP contribution is -2.45. The van der Waals surface area contributed by atoms with Gasteiger partial charge in [0, 0.05) is 13.5 Å². The van der Waals surface area contributed by atoms with Crippen LogP contribution in [0.2, 0.25) is 0 Å². The number of fused-ring (bicyclic) bond motifs is 1. The number of benzene rings is 2. The van der Waals surface area contributed by atoms with Gasteiger partial charge in [0.1, 0.15) is 11.9 Å². The molecule has 1 N–H and O–H groups in total. The molecule has 1 aliphatic heterocycles. The predicted molar refractivity (Wildman–Crippen MR) is 88.4 cm³/mol. The summed E-state index contributed by atoms with van der Waals surface area (Å²) < 4.78 is 11.3. The van der Waals surface area contributed by atoms with Gasteiger partial charge in [-0.1, -0.05) is 48.5 Å². The lowest BCUT2D eigenvalue weighted by molar-refractivity contribution is -0.132. The summed E-state index contributed by atoms with van der Waals surface area (Å²) in [6.07, 6.45) is 0.146. The number of nitrogens with one attached hydrogen (secondary N) is 1. The summed E-state index contributed by atoms with van der Waals surface area (Å²) in [6, 6.07) is 17.4. The first-order valence-electron chi connectivity index (χ1n) is 7.81. The first-order chi connectivity index (χ1) is 11.2. The second kappa shape index (κ2) is 6.84. The van der Waals surface area contributed by atoms with Gasteiger partial charge in [-0.05, 0) is 24.1 Å². The van der Waals surface area contributed by atoms with Crippen LogP contribution in [0.25, 0.3) is 0 Å². The maximum atomic E-state index is 12.5. The molecule has 1 aliphatic rings. The van der Waals surface area contributed by atoms with Gasteiger partial charge in [-0.25, -0.2) is 0 Å². The molecule has 3 atom stereocenters. The molecule has 0 saturated heterocycles. The van der Waals surface area contributed by atoms with E-state index < -0.39 is 6.10 Å². The summed E-state index contributed by atoms with van der Waals surface area (Å²) in [5.74, 6) is 0.760. The van der Waals surface area contributed by atoms with Gasteiger partial charge < -0.3 is 14.8 Å². The third-order valence-corrected chi connectivity index (χ3v) is 4.18. The van der Waals surface area contributed by atoms with E-state index in [1.54, 1.807) is 7.11 Å². The summed E-state index contributed by atoms with van der Waals surface area (Å²) in [5, 5.41) is 3.02. The Hall–Kier alpha value is -2.33. The van der Waals surface area contributed by atoms with Gasteiger partial charge in [-0.2, -0.15) is 0 Å². The quantitative estimate of drug-likeness (QED) is 0.923. The summed E-state index contributed by atoms with van der Waals surface area (Å²) >= 11 is 0. The monoisotopic (exact) mass is 311 g/mol. The second-order valence-corrected chi connectivity index (χ2v) is 5.79. The van der Waals surface area contributed by atoms with Crippen LogP contribution in [0.3, 0.4) is 0 Å². The van der Waals surface area contributed by atoms with Crippen molar-refractivity contribution in [3.05, 3.63) is 65.7 Å². The molecular weight excluding hydrogens is 290 g/mol. The number of rotatable bonds is 5. The van der Waals surface area contributed by atoms with E-state index in [1.165, 1.54) is 5.56 Å². The highest BCUT2D eigenvalue weighted by molar-refractivity contribution is 5.82. The number of para-hydroxylation sites is 1. The number of hydrogen-bond donors (Lipinski definition) is 1. The third kappa shape index (κ3) is 3.37. The van der Waals surface area contributed by atoms with E-state index >= 15 is 0 Å². The highest BCUT2D eigenvalue weighted by atomic mass is 16.5. The number of carbonyl (C=O) groups excluding carboxylic acids is 1. The second-order valence-electron chi connectivity index (χ2n) is 5.79. The smallest absolute Gasteiger partial charge is 0.254 e. The minimum atomic E-state index is -0.609. The van der Waals surface area contributed by atoms with Crippen molar-refractivity contribution in [3.63, 3.8) is 0 Å². The van der Waals surface area contributed by atoms with Gasteiger partial charge in [-0.15, -0.1) is 0 Å². The van der Waals surface area contributed by atoms with E-state index in [9.17, 15) is 4.79 Å². The van der Waals surface area contributed by atoms with Crippen LogP contribution in [-0.2, 0) is 16.0 Å². The van der Waals surface area contributed by atoms with Crippen LogP contribution < -0.4 is 10.1 Å². The summed E-state index contributed by atoms with van der Waals surface area (Å²) in [6.45, 7) is 1.96. The van der Waals surface area contributed by atoms with E-state index in [0.29, 0.717) is 0 Å². The lowest BCUT2D eigenvalue weighted by atomic mass is 10.0. The minimum Gasteiger partial charge on any atom is -0.488 e. The Balaban J connectivity index is 1.64. The van der Waals surface area contributed by atoms with Gasteiger partial charge in [0.05, 0.1) is 6.04 Å². The number of ether oxygens (including phenoxy) is 2. The Morgan fingerprint density at radius 3 is 2.57 bits per heavy atom. The fourth-order valence-corrected chi connectivity index (χ4v) is 2.90. The molecule has 0 aliphatic carbocycles. The molecule has 4 nitrogen and oxygen atoms in total. The minimum absolute atomic E-state index is 0.0513. The SMILES string of the molecule is CO[C@H](C(=O)N[C@@H](C)[C@H]1Cc2ccccc2O1)c1ccccc1. The molecule has 1 amide bonds. The Bertz CT molecular complexity index is 646. The zero-order chi connectivity index (χ0) is 16.2. The molecule has 2 aromatic carbocycles.